The molecule has 0 aliphatic carbocycles. The Labute approximate surface area is 83.9 Å². The third-order valence-electron chi connectivity index (χ3n) is 1.95. The fourth-order valence-corrected chi connectivity index (χ4v) is 1.29. The van der Waals surface area contributed by atoms with Crippen LogP contribution >= 0.6 is 0 Å². The lowest BCUT2D eigenvalue weighted by Crippen LogP contribution is -2.09. The fourth-order valence-electron chi connectivity index (χ4n) is 1.29. The molecular formula is C10H16N2O2. The molecule has 0 saturated heterocycles. The van der Waals surface area contributed by atoms with Gasteiger partial charge in [0, 0.05) is 18.8 Å². The monoisotopic (exact) mass is 196 g/mol. The van der Waals surface area contributed by atoms with Crippen molar-refractivity contribution in [1.82, 2.24) is 9.78 Å². The molecule has 1 aromatic rings. The van der Waals surface area contributed by atoms with Gasteiger partial charge in [-0.2, -0.15) is 5.10 Å². The third-order valence-corrected chi connectivity index (χ3v) is 1.95. The highest BCUT2D eigenvalue weighted by Crippen LogP contribution is 2.18. The van der Waals surface area contributed by atoms with Crippen molar-refractivity contribution >= 4 is 5.97 Å². The molecule has 1 heterocycles. The van der Waals surface area contributed by atoms with Gasteiger partial charge in [-0.15, -0.1) is 0 Å². The topological polar surface area (TPSA) is 44.1 Å². The molecule has 0 radical (unpaired) electrons. The van der Waals surface area contributed by atoms with E-state index in [1.54, 1.807) is 18.7 Å². The first-order valence-electron chi connectivity index (χ1n) is 4.77. The summed E-state index contributed by atoms with van der Waals surface area (Å²) in [6.07, 6.45) is 1.86. The number of nitrogens with zero attached hydrogens (tertiary/aromatic N) is 2. The number of esters is 1. The van der Waals surface area contributed by atoms with E-state index in [-0.39, 0.29) is 11.9 Å². The van der Waals surface area contributed by atoms with Gasteiger partial charge in [-0.3, -0.25) is 4.68 Å². The summed E-state index contributed by atoms with van der Waals surface area (Å²) < 4.78 is 6.56. The SMILES string of the molecule is CCOC(=O)c1nn(C)cc1C(C)C. The Morgan fingerprint density at radius 1 is 1.64 bits per heavy atom. The number of aromatic nitrogens is 2. The zero-order valence-corrected chi connectivity index (χ0v) is 9.07. The Bertz CT molecular complexity index is 329. The van der Waals surface area contributed by atoms with Crippen LogP contribution in [0.3, 0.4) is 0 Å². The molecule has 4 nitrogen and oxygen atoms in total. The van der Waals surface area contributed by atoms with Crippen LogP contribution in [0.4, 0.5) is 0 Å². The van der Waals surface area contributed by atoms with Gasteiger partial charge < -0.3 is 4.74 Å². The number of aryl methyl sites for hydroxylation is 1. The van der Waals surface area contributed by atoms with Crippen LogP contribution in [0.15, 0.2) is 6.20 Å². The number of carbonyl (C=O) groups excluding carboxylic acids is 1. The van der Waals surface area contributed by atoms with Gasteiger partial charge >= 0.3 is 5.97 Å². The number of hydrogen-bond donors (Lipinski definition) is 0. The minimum atomic E-state index is -0.336. The van der Waals surface area contributed by atoms with E-state index >= 15 is 0 Å². The smallest absolute Gasteiger partial charge is 0.359 e. The van der Waals surface area contributed by atoms with Crippen molar-refractivity contribution in [3.8, 4) is 0 Å². The van der Waals surface area contributed by atoms with E-state index in [0.29, 0.717) is 12.3 Å². The Hall–Kier alpha value is -1.32. The molecule has 78 valence electrons. The van der Waals surface area contributed by atoms with Gasteiger partial charge in [-0.05, 0) is 12.8 Å². The van der Waals surface area contributed by atoms with Crippen molar-refractivity contribution in [1.29, 1.82) is 0 Å². The van der Waals surface area contributed by atoms with Crippen molar-refractivity contribution in [2.75, 3.05) is 6.61 Å². The molecule has 0 saturated carbocycles. The van der Waals surface area contributed by atoms with Gasteiger partial charge in [-0.1, -0.05) is 13.8 Å². The molecule has 1 rings (SSSR count). The number of hydrogen-bond acceptors (Lipinski definition) is 3. The molecule has 1 aromatic heterocycles. The van der Waals surface area contributed by atoms with Gasteiger partial charge in [0.15, 0.2) is 5.69 Å². The second-order valence-electron chi connectivity index (χ2n) is 3.48. The van der Waals surface area contributed by atoms with Crippen molar-refractivity contribution in [2.45, 2.75) is 26.7 Å². The van der Waals surface area contributed by atoms with Gasteiger partial charge in [-0.25, -0.2) is 4.79 Å². The highest BCUT2D eigenvalue weighted by molar-refractivity contribution is 5.89. The maximum atomic E-state index is 11.5. The normalized spacial score (nSPS) is 10.6. The molecule has 0 spiro atoms. The van der Waals surface area contributed by atoms with E-state index in [2.05, 4.69) is 5.10 Å². The maximum Gasteiger partial charge on any atom is 0.359 e. The zero-order valence-electron chi connectivity index (χ0n) is 9.07. The summed E-state index contributed by atoms with van der Waals surface area (Å²) in [6, 6.07) is 0. The van der Waals surface area contributed by atoms with Gasteiger partial charge in [0.2, 0.25) is 0 Å². The predicted octanol–water partition coefficient (Wildman–Crippen LogP) is 1.72. The summed E-state index contributed by atoms with van der Waals surface area (Å²) >= 11 is 0. The zero-order chi connectivity index (χ0) is 10.7. The summed E-state index contributed by atoms with van der Waals surface area (Å²) in [5.41, 5.74) is 1.37. The van der Waals surface area contributed by atoms with E-state index in [9.17, 15) is 4.79 Å². The molecule has 14 heavy (non-hydrogen) atoms. The summed E-state index contributed by atoms with van der Waals surface area (Å²) in [5.74, 6) is -0.0556. The number of ether oxygens (including phenoxy) is 1. The Morgan fingerprint density at radius 2 is 2.29 bits per heavy atom. The highest BCUT2D eigenvalue weighted by atomic mass is 16.5. The summed E-state index contributed by atoms with van der Waals surface area (Å²) in [6.45, 7) is 6.22. The Kier molecular flexibility index (Phi) is 3.28. The van der Waals surface area contributed by atoms with Crippen LogP contribution in [0.1, 0.15) is 42.7 Å². The maximum absolute atomic E-state index is 11.5. The van der Waals surface area contributed by atoms with Crippen LogP contribution in [-0.4, -0.2) is 22.4 Å². The molecule has 0 unspecified atom stereocenters. The lowest BCUT2D eigenvalue weighted by atomic mass is 10.0. The van der Waals surface area contributed by atoms with Crippen LogP contribution in [-0.2, 0) is 11.8 Å². The Morgan fingerprint density at radius 3 is 2.79 bits per heavy atom. The van der Waals surface area contributed by atoms with Crippen molar-refractivity contribution < 1.29 is 9.53 Å². The molecule has 0 N–H and O–H groups in total. The molecule has 4 heteroatoms. The summed E-state index contributed by atoms with van der Waals surface area (Å²) in [5, 5.41) is 4.09. The largest absolute Gasteiger partial charge is 0.461 e. The lowest BCUT2D eigenvalue weighted by Gasteiger charge is -2.03. The third kappa shape index (κ3) is 2.13. The summed E-state index contributed by atoms with van der Waals surface area (Å²) in [7, 11) is 1.80. The van der Waals surface area contributed by atoms with Gasteiger partial charge in [0.25, 0.3) is 0 Å². The van der Waals surface area contributed by atoms with Crippen LogP contribution in [0.5, 0.6) is 0 Å². The first-order chi connectivity index (χ1) is 6.56. The van der Waals surface area contributed by atoms with Gasteiger partial charge in [0.05, 0.1) is 6.61 Å². The lowest BCUT2D eigenvalue weighted by molar-refractivity contribution is 0.0517. The van der Waals surface area contributed by atoms with E-state index in [1.807, 2.05) is 20.0 Å². The predicted molar refractivity (Wildman–Crippen MR) is 53.3 cm³/mol. The molecule has 0 amide bonds. The van der Waals surface area contributed by atoms with Gasteiger partial charge in [0.1, 0.15) is 0 Å². The molecule has 0 bridgehead atoms. The van der Waals surface area contributed by atoms with Crippen LogP contribution in [0, 0.1) is 0 Å². The average molecular weight is 196 g/mol. The highest BCUT2D eigenvalue weighted by Gasteiger charge is 2.18. The fraction of sp³-hybridized carbons (Fsp3) is 0.600. The van der Waals surface area contributed by atoms with E-state index in [0.717, 1.165) is 5.56 Å². The molecule has 0 aromatic carbocycles. The first kappa shape index (κ1) is 10.8. The number of rotatable bonds is 3. The van der Waals surface area contributed by atoms with E-state index < -0.39 is 0 Å². The van der Waals surface area contributed by atoms with Crippen LogP contribution in [0.25, 0.3) is 0 Å². The summed E-state index contributed by atoms with van der Waals surface area (Å²) in [4.78, 5) is 11.5. The second-order valence-corrected chi connectivity index (χ2v) is 3.48. The average Bonchev–Trinajstić information content (AvgIpc) is 2.48. The molecule has 0 aliphatic rings. The van der Waals surface area contributed by atoms with E-state index in [4.69, 9.17) is 4.74 Å². The Balaban J connectivity index is 3.00. The van der Waals surface area contributed by atoms with Crippen LogP contribution in [0.2, 0.25) is 0 Å². The quantitative estimate of drug-likeness (QED) is 0.691. The van der Waals surface area contributed by atoms with Crippen LogP contribution < -0.4 is 0 Å². The standard InChI is InChI=1S/C10H16N2O2/c1-5-14-10(13)9-8(7(2)3)6-12(4)11-9/h6-7H,5H2,1-4H3. The molecule has 0 atom stereocenters. The molecule has 0 aliphatic heterocycles. The van der Waals surface area contributed by atoms with Crippen molar-refractivity contribution in [2.24, 2.45) is 7.05 Å². The van der Waals surface area contributed by atoms with Crippen molar-refractivity contribution in [3.05, 3.63) is 17.5 Å². The molecule has 0 fully saturated rings. The number of carbonyl (C=O) groups is 1. The van der Waals surface area contributed by atoms with E-state index in [1.165, 1.54) is 0 Å². The molecular weight excluding hydrogens is 180 g/mol. The minimum absolute atomic E-state index is 0.281. The first-order valence-corrected chi connectivity index (χ1v) is 4.77. The second kappa shape index (κ2) is 4.26. The van der Waals surface area contributed by atoms with Crippen molar-refractivity contribution in [3.63, 3.8) is 0 Å². The minimum Gasteiger partial charge on any atom is -0.461 e.